The number of rotatable bonds is 3. The molecule has 6 nitrogen and oxygen atoms in total. The maximum Gasteiger partial charge on any atom is 0.239 e. The van der Waals surface area contributed by atoms with Crippen LogP contribution in [0, 0.1) is 0 Å². The number of H-pyrrole nitrogens is 1. The SMILES string of the molecule is COc1cc(OC)c2[nH]ccc2c1C1C=NN(C(C)=O)C1. The second-order valence-corrected chi connectivity index (χ2v) is 4.93. The van der Waals surface area contributed by atoms with Crippen LogP contribution in [0.4, 0.5) is 0 Å². The lowest BCUT2D eigenvalue weighted by molar-refractivity contribution is -0.128. The number of carbonyl (C=O) groups is 1. The van der Waals surface area contributed by atoms with Crippen molar-refractivity contribution in [2.24, 2.45) is 5.10 Å². The number of carbonyl (C=O) groups excluding carboxylic acids is 1. The van der Waals surface area contributed by atoms with Gasteiger partial charge in [-0.25, -0.2) is 5.01 Å². The monoisotopic (exact) mass is 287 g/mol. The first-order chi connectivity index (χ1) is 10.2. The summed E-state index contributed by atoms with van der Waals surface area (Å²) in [6, 6.07) is 3.85. The van der Waals surface area contributed by atoms with Gasteiger partial charge in [-0.2, -0.15) is 5.10 Å². The number of hydrogen-bond acceptors (Lipinski definition) is 4. The largest absolute Gasteiger partial charge is 0.496 e. The van der Waals surface area contributed by atoms with Crippen molar-refractivity contribution in [1.29, 1.82) is 0 Å². The Hall–Kier alpha value is -2.50. The van der Waals surface area contributed by atoms with Crippen LogP contribution in [-0.2, 0) is 4.79 Å². The van der Waals surface area contributed by atoms with Crippen molar-refractivity contribution in [2.75, 3.05) is 20.8 Å². The molecule has 0 fully saturated rings. The molecule has 1 atom stereocenters. The lowest BCUT2D eigenvalue weighted by Gasteiger charge is -2.17. The Balaban J connectivity index is 2.12. The average Bonchev–Trinajstić information content (AvgIpc) is 3.14. The third-order valence-corrected chi connectivity index (χ3v) is 3.74. The van der Waals surface area contributed by atoms with Crippen LogP contribution in [0.15, 0.2) is 23.4 Å². The van der Waals surface area contributed by atoms with Crippen molar-refractivity contribution in [3.63, 3.8) is 0 Å². The van der Waals surface area contributed by atoms with Gasteiger partial charge in [-0.1, -0.05) is 0 Å². The molecule has 1 aliphatic rings. The molecule has 2 aromatic rings. The van der Waals surface area contributed by atoms with Gasteiger partial charge in [-0.15, -0.1) is 0 Å². The van der Waals surface area contributed by atoms with E-state index >= 15 is 0 Å². The molecule has 1 amide bonds. The zero-order valence-corrected chi connectivity index (χ0v) is 12.2. The van der Waals surface area contributed by atoms with Crippen LogP contribution < -0.4 is 9.47 Å². The fraction of sp³-hybridized carbons (Fsp3) is 0.333. The van der Waals surface area contributed by atoms with Gasteiger partial charge in [0, 0.05) is 42.3 Å². The highest BCUT2D eigenvalue weighted by Crippen LogP contribution is 2.40. The maximum atomic E-state index is 11.4. The summed E-state index contributed by atoms with van der Waals surface area (Å²) in [6.07, 6.45) is 3.66. The molecule has 1 N–H and O–H groups in total. The molecule has 1 aromatic carbocycles. The first kappa shape index (κ1) is 13.5. The van der Waals surface area contributed by atoms with Gasteiger partial charge in [-0.05, 0) is 6.07 Å². The lowest BCUT2D eigenvalue weighted by Crippen LogP contribution is -2.22. The van der Waals surface area contributed by atoms with Gasteiger partial charge in [0.15, 0.2) is 0 Å². The number of hydrazone groups is 1. The highest BCUT2D eigenvalue weighted by atomic mass is 16.5. The number of hydrogen-bond donors (Lipinski definition) is 1. The molecule has 0 aliphatic carbocycles. The first-order valence-corrected chi connectivity index (χ1v) is 6.70. The number of amides is 1. The Morgan fingerprint density at radius 1 is 1.38 bits per heavy atom. The molecular formula is C15H17N3O3. The number of nitrogens with one attached hydrogen (secondary N) is 1. The summed E-state index contributed by atoms with van der Waals surface area (Å²) in [5.41, 5.74) is 1.94. The molecule has 0 bridgehead atoms. The number of nitrogens with zero attached hydrogens (tertiary/aromatic N) is 2. The number of benzene rings is 1. The van der Waals surface area contributed by atoms with Crippen LogP contribution in [0.5, 0.6) is 11.5 Å². The van der Waals surface area contributed by atoms with Gasteiger partial charge in [0.2, 0.25) is 5.91 Å². The van der Waals surface area contributed by atoms with Gasteiger partial charge in [0.05, 0.1) is 26.3 Å². The van der Waals surface area contributed by atoms with Crippen LogP contribution >= 0.6 is 0 Å². The van der Waals surface area contributed by atoms with E-state index < -0.39 is 0 Å². The molecule has 0 spiro atoms. The standard InChI is InChI=1S/C15H17N3O3/c1-9(19)18-8-10(7-17-18)14-11-4-5-16-15(11)13(21-3)6-12(14)20-2/h4-7,10,16H,8H2,1-3H3. The van der Waals surface area contributed by atoms with E-state index in [1.54, 1.807) is 20.4 Å². The van der Waals surface area contributed by atoms with Gasteiger partial charge in [-0.3, -0.25) is 4.79 Å². The summed E-state index contributed by atoms with van der Waals surface area (Å²) in [7, 11) is 3.26. The average molecular weight is 287 g/mol. The zero-order valence-electron chi connectivity index (χ0n) is 12.2. The molecular weight excluding hydrogens is 270 g/mol. The second kappa shape index (κ2) is 5.12. The minimum absolute atomic E-state index is 0.00746. The van der Waals surface area contributed by atoms with E-state index in [1.807, 2.05) is 18.3 Å². The van der Waals surface area contributed by atoms with E-state index in [0.717, 1.165) is 28.0 Å². The number of ether oxygens (including phenoxy) is 2. The minimum atomic E-state index is -0.0634. The Kier molecular flexibility index (Phi) is 3.29. The number of aromatic nitrogens is 1. The van der Waals surface area contributed by atoms with E-state index in [-0.39, 0.29) is 11.8 Å². The zero-order chi connectivity index (χ0) is 15.0. The smallest absolute Gasteiger partial charge is 0.239 e. The fourth-order valence-electron chi connectivity index (χ4n) is 2.73. The first-order valence-electron chi connectivity index (χ1n) is 6.70. The van der Waals surface area contributed by atoms with Crippen molar-refractivity contribution >= 4 is 23.0 Å². The van der Waals surface area contributed by atoms with E-state index in [9.17, 15) is 4.79 Å². The van der Waals surface area contributed by atoms with Crippen molar-refractivity contribution in [3.05, 3.63) is 23.9 Å². The van der Waals surface area contributed by atoms with Crippen LogP contribution in [0.1, 0.15) is 18.4 Å². The van der Waals surface area contributed by atoms with Gasteiger partial charge in [0.1, 0.15) is 11.5 Å². The normalized spacial score (nSPS) is 17.5. The molecule has 6 heteroatoms. The quantitative estimate of drug-likeness (QED) is 0.940. The van der Waals surface area contributed by atoms with Gasteiger partial charge < -0.3 is 14.5 Å². The lowest BCUT2D eigenvalue weighted by atomic mass is 9.95. The molecule has 1 aromatic heterocycles. The number of aromatic amines is 1. The van der Waals surface area contributed by atoms with E-state index in [4.69, 9.17) is 9.47 Å². The predicted molar refractivity (Wildman–Crippen MR) is 80.0 cm³/mol. The fourth-order valence-corrected chi connectivity index (χ4v) is 2.73. The van der Waals surface area contributed by atoms with Crippen LogP contribution in [0.3, 0.4) is 0 Å². The Labute approximate surface area is 122 Å². The minimum Gasteiger partial charge on any atom is -0.496 e. The van der Waals surface area contributed by atoms with E-state index in [0.29, 0.717) is 6.54 Å². The van der Waals surface area contributed by atoms with Crippen LogP contribution in [0.25, 0.3) is 10.9 Å². The highest BCUT2D eigenvalue weighted by molar-refractivity contribution is 5.94. The van der Waals surface area contributed by atoms with Crippen LogP contribution in [-0.4, -0.2) is 42.9 Å². The maximum absolute atomic E-state index is 11.4. The Morgan fingerprint density at radius 3 is 2.76 bits per heavy atom. The van der Waals surface area contributed by atoms with Crippen molar-refractivity contribution in [3.8, 4) is 11.5 Å². The molecule has 2 heterocycles. The number of methoxy groups -OCH3 is 2. The molecule has 1 unspecified atom stereocenters. The summed E-state index contributed by atoms with van der Waals surface area (Å²) in [5, 5.41) is 6.65. The van der Waals surface area contributed by atoms with Gasteiger partial charge >= 0.3 is 0 Å². The second-order valence-electron chi connectivity index (χ2n) is 4.93. The van der Waals surface area contributed by atoms with E-state index in [1.165, 1.54) is 11.9 Å². The third kappa shape index (κ3) is 2.12. The summed E-state index contributed by atoms with van der Waals surface area (Å²) in [4.78, 5) is 14.6. The summed E-state index contributed by atoms with van der Waals surface area (Å²) in [5.74, 6) is 1.41. The third-order valence-electron chi connectivity index (χ3n) is 3.74. The van der Waals surface area contributed by atoms with Gasteiger partial charge in [0.25, 0.3) is 0 Å². The highest BCUT2D eigenvalue weighted by Gasteiger charge is 2.27. The Morgan fingerprint density at radius 2 is 2.14 bits per heavy atom. The summed E-state index contributed by atoms with van der Waals surface area (Å²) < 4.78 is 10.9. The molecule has 3 rings (SSSR count). The van der Waals surface area contributed by atoms with Crippen molar-refractivity contribution in [1.82, 2.24) is 9.99 Å². The number of fused-ring (bicyclic) bond motifs is 1. The van der Waals surface area contributed by atoms with Crippen molar-refractivity contribution < 1.29 is 14.3 Å². The van der Waals surface area contributed by atoms with Crippen LogP contribution in [0.2, 0.25) is 0 Å². The van der Waals surface area contributed by atoms with Crippen molar-refractivity contribution in [2.45, 2.75) is 12.8 Å². The molecule has 0 radical (unpaired) electrons. The molecule has 21 heavy (non-hydrogen) atoms. The molecule has 1 aliphatic heterocycles. The molecule has 0 saturated heterocycles. The molecule has 110 valence electrons. The molecule has 0 saturated carbocycles. The van der Waals surface area contributed by atoms with E-state index in [2.05, 4.69) is 10.1 Å². The Bertz CT molecular complexity index is 720. The summed E-state index contributed by atoms with van der Waals surface area (Å²) >= 11 is 0. The summed E-state index contributed by atoms with van der Waals surface area (Å²) in [6.45, 7) is 2.04. The predicted octanol–water partition coefficient (Wildman–Crippen LogP) is 2.12. The topological polar surface area (TPSA) is 66.9 Å².